The number of nitrogens with one attached hydrogen (secondary N) is 1. The third kappa shape index (κ3) is 5.13. The van der Waals surface area contributed by atoms with Crippen LogP contribution in [0.25, 0.3) is 10.2 Å². The largest absolute Gasteiger partial charge is 0.494 e. The summed E-state index contributed by atoms with van der Waals surface area (Å²) in [6.07, 6.45) is 4.35. The first-order chi connectivity index (χ1) is 15.0. The average molecular weight is 458 g/mol. The zero-order chi connectivity index (χ0) is 21.8. The van der Waals surface area contributed by atoms with Gasteiger partial charge in [-0.05, 0) is 55.9 Å². The highest BCUT2D eigenvalue weighted by atomic mass is 32.2. The highest BCUT2D eigenvalue weighted by Gasteiger charge is 2.20. The van der Waals surface area contributed by atoms with Crippen molar-refractivity contribution in [1.29, 1.82) is 0 Å². The summed E-state index contributed by atoms with van der Waals surface area (Å²) in [5.74, 6) is 2.38. The second-order valence-electron chi connectivity index (χ2n) is 7.72. The maximum absolute atomic E-state index is 12.6. The van der Waals surface area contributed by atoms with E-state index < -0.39 is 0 Å². The van der Waals surface area contributed by atoms with Crippen LogP contribution in [0.3, 0.4) is 0 Å². The molecule has 164 valence electrons. The Morgan fingerprint density at radius 3 is 2.81 bits per heavy atom. The van der Waals surface area contributed by atoms with Crippen molar-refractivity contribution in [3.63, 3.8) is 0 Å². The van der Waals surface area contributed by atoms with Gasteiger partial charge in [-0.15, -0.1) is 23.1 Å². The van der Waals surface area contributed by atoms with E-state index in [9.17, 15) is 9.59 Å². The van der Waals surface area contributed by atoms with Crippen LogP contribution >= 0.6 is 23.1 Å². The van der Waals surface area contributed by atoms with Gasteiger partial charge in [-0.1, -0.05) is 12.1 Å². The van der Waals surface area contributed by atoms with E-state index in [1.807, 2.05) is 38.2 Å². The zero-order valence-electron chi connectivity index (χ0n) is 17.9. The van der Waals surface area contributed by atoms with Crippen molar-refractivity contribution in [2.24, 2.45) is 0 Å². The van der Waals surface area contributed by atoms with Gasteiger partial charge in [0.05, 0.1) is 23.5 Å². The summed E-state index contributed by atoms with van der Waals surface area (Å²) in [7, 11) is 1.81. The van der Waals surface area contributed by atoms with E-state index >= 15 is 0 Å². The number of hydrogen-bond donors (Lipinski definition) is 1. The second kappa shape index (κ2) is 9.87. The number of aryl methyl sites for hydroxylation is 2. The maximum Gasteiger partial charge on any atom is 0.259 e. The van der Waals surface area contributed by atoms with Gasteiger partial charge in [-0.25, -0.2) is 4.98 Å². The van der Waals surface area contributed by atoms with Crippen molar-refractivity contribution in [3.05, 3.63) is 56.4 Å². The number of hydrogen-bond acceptors (Lipinski definition) is 6. The van der Waals surface area contributed by atoms with E-state index in [2.05, 4.69) is 9.97 Å². The molecule has 1 N–H and O–H groups in total. The number of fused-ring (bicyclic) bond motifs is 3. The SMILES string of the molecule is CCOc1ccc(CN(C)C(=O)CSCc2nc3sc4c(c3c(=O)[nH]2)CCCC4)cc1. The Balaban J connectivity index is 1.32. The smallest absolute Gasteiger partial charge is 0.259 e. The number of nitrogens with zero attached hydrogens (tertiary/aromatic N) is 2. The Labute approximate surface area is 190 Å². The van der Waals surface area contributed by atoms with Crippen LogP contribution in [0.15, 0.2) is 29.1 Å². The van der Waals surface area contributed by atoms with E-state index in [4.69, 9.17) is 4.74 Å². The molecule has 0 aliphatic heterocycles. The second-order valence-corrected chi connectivity index (χ2v) is 9.79. The van der Waals surface area contributed by atoms with Crippen LogP contribution in [-0.2, 0) is 29.9 Å². The third-order valence-corrected chi connectivity index (χ3v) is 7.53. The Hall–Kier alpha value is -2.32. The first-order valence-electron chi connectivity index (χ1n) is 10.6. The molecule has 0 fully saturated rings. The lowest BCUT2D eigenvalue weighted by Gasteiger charge is -2.17. The van der Waals surface area contributed by atoms with E-state index in [-0.39, 0.29) is 11.5 Å². The minimum atomic E-state index is -0.0426. The van der Waals surface area contributed by atoms with Crippen LogP contribution < -0.4 is 10.3 Å². The molecule has 1 amide bonds. The number of amides is 1. The summed E-state index contributed by atoms with van der Waals surface area (Å²) in [5, 5.41) is 0.777. The van der Waals surface area contributed by atoms with Gasteiger partial charge in [0, 0.05) is 18.5 Å². The van der Waals surface area contributed by atoms with Crippen LogP contribution in [0.5, 0.6) is 5.75 Å². The number of thiophene rings is 1. The molecule has 0 atom stereocenters. The lowest BCUT2D eigenvalue weighted by molar-refractivity contribution is -0.127. The van der Waals surface area contributed by atoms with E-state index in [0.29, 0.717) is 30.5 Å². The van der Waals surface area contributed by atoms with Gasteiger partial charge in [0.15, 0.2) is 0 Å². The van der Waals surface area contributed by atoms with Gasteiger partial charge in [0.25, 0.3) is 5.56 Å². The Kier molecular flexibility index (Phi) is 6.97. The molecule has 4 rings (SSSR count). The molecule has 31 heavy (non-hydrogen) atoms. The first kappa shape index (κ1) is 21.9. The van der Waals surface area contributed by atoms with Crippen LogP contribution in [-0.4, -0.2) is 40.2 Å². The van der Waals surface area contributed by atoms with Gasteiger partial charge in [-0.2, -0.15) is 0 Å². The minimum Gasteiger partial charge on any atom is -0.494 e. The number of ether oxygens (including phenoxy) is 1. The molecular formula is C23H27N3O3S2. The van der Waals surface area contributed by atoms with E-state index in [0.717, 1.165) is 40.8 Å². The average Bonchev–Trinajstić information content (AvgIpc) is 3.14. The third-order valence-electron chi connectivity index (χ3n) is 5.42. The van der Waals surface area contributed by atoms with Crippen molar-refractivity contribution in [3.8, 4) is 5.75 Å². The van der Waals surface area contributed by atoms with Gasteiger partial charge < -0.3 is 14.6 Å². The fourth-order valence-electron chi connectivity index (χ4n) is 3.84. The van der Waals surface area contributed by atoms with Gasteiger partial charge >= 0.3 is 0 Å². The summed E-state index contributed by atoms with van der Waals surface area (Å²) < 4.78 is 5.45. The molecule has 2 heterocycles. The molecule has 0 bridgehead atoms. The fourth-order valence-corrected chi connectivity index (χ4v) is 5.95. The Morgan fingerprint density at radius 1 is 1.26 bits per heavy atom. The molecular weight excluding hydrogens is 430 g/mol. The van der Waals surface area contributed by atoms with Gasteiger partial charge in [0.1, 0.15) is 16.4 Å². The number of thioether (sulfide) groups is 1. The van der Waals surface area contributed by atoms with E-state index in [1.165, 1.54) is 28.6 Å². The molecule has 6 nitrogen and oxygen atoms in total. The molecule has 3 aromatic rings. The van der Waals surface area contributed by atoms with Crippen molar-refractivity contribution in [2.75, 3.05) is 19.4 Å². The summed E-state index contributed by atoms with van der Waals surface area (Å²) in [6, 6.07) is 7.80. The summed E-state index contributed by atoms with van der Waals surface area (Å²) in [4.78, 5) is 36.6. The van der Waals surface area contributed by atoms with Crippen molar-refractivity contribution < 1.29 is 9.53 Å². The van der Waals surface area contributed by atoms with Crippen molar-refractivity contribution in [1.82, 2.24) is 14.9 Å². The van der Waals surface area contributed by atoms with Crippen molar-refractivity contribution in [2.45, 2.75) is 44.9 Å². The number of rotatable bonds is 8. The molecule has 0 spiro atoms. The highest BCUT2D eigenvalue weighted by Crippen LogP contribution is 2.33. The summed E-state index contributed by atoms with van der Waals surface area (Å²) >= 11 is 3.13. The number of H-pyrrole nitrogens is 1. The molecule has 0 unspecified atom stereocenters. The Bertz CT molecular complexity index is 1120. The topological polar surface area (TPSA) is 75.3 Å². The normalized spacial score (nSPS) is 13.2. The molecule has 0 radical (unpaired) electrons. The van der Waals surface area contributed by atoms with Gasteiger partial charge in [0.2, 0.25) is 5.91 Å². The van der Waals surface area contributed by atoms with Crippen LogP contribution in [0.2, 0.25) is 0 Å². The molecule has 1 aromatic carbocycles. The molecule has 1 aliphatic carbocycles. The molecule has 8 heteroatoms. The van der Waals surface area contributed by atoms with Gasteiger partial charge in [-0.3, -0.25) is 9.59 Å². The predicted octanol–water partition coefficient (Wildman–Crippen LogP) is 4.15. The predicted molar refractivity (Wildman–Crippen MR) is 127 cm³/mol. The van der Waals surface area contributed by atoms with E-state index in [1.54, 1.807) is 16.2 Å². The van der Waals surface area contributed by atoms with Crippen LogP contribution in [0, 0.1) is 0 Å². The maximum atomic E-state index is 12.6. The zero-order valence-corrected chi connectivity index (χ0v) is 19.5. The molecule has 0 saturated heterocycles. The monoisotopic (exact) mass is 457 g/mol. The van der Waals surface area contributed by atoms with Crippen molar-refractivity contribution >= 4 is 39.2 Å². The molecule has 2 aromatic heterocycles. The first-order valence-corrected chi connectivity index (χ1v) is 12.6. The lowest BCUT2D eigenvalue weighted by Crippen LogP contribution is -2.27. The molecule has 1 aliphatic rings. The number of carbonyl (C=O) groups is 1. The summed E-state index contributed by atoms with van der Waals surface area (Å²) in [6.45, 7) is 3.14. The fraction of sp³-hybridized carbons (Fsp3) is 0.435. The summed E-state index contributed by atoms with van der Waals surface area (Å²) in [5.41, 5.74) is 2.21. The van der Waals surface area contributed by atoms with Crippen LogP contribution in [0.1, 0.15) is 41.6 Å². The van der Waals surface area contributed by atoms with Crippen LogP contribution in [0.4, 0.5) is 0 Å². The lowest BCUT2D eigenvalue weighted by atomic mass is 9.97. The number of benzene rings is 1. The minimum absolute atomic E-state index is 0.0426. The Morgan fingerprint density at radius 2 is 2.03 bits per heavy atom. The number of aromatic nitrogens is 2. The standard InChI is InChI=1S/C23H27N3O3S2/c1-3-29-16-10-8-15(9-11-16)12-26(2)20(27)14-30-13-19-24-22(28)21-17-6-4-5-7-18(17)31-23(21)25-19/h8-11H,3-7,12-14H2,1-2H3,(H,24,25,28). The number of carbonyl (C=O) groups excluding carboxylic acids is 1. The quantitative estimate of drug-likeness (QED) is 0.550. The highest BCUT2D eigenvalue weighted by molar-refractivity contribution is 7.99. The number of aromatic amines is 1. The molecule has 0 saturated carbocycles.